The molecule has 0 atom stereocenters. The Kier molecular flexibility index (Phi) is 3.78. The maximum absolute atomic E-state index is 13.8. The normalized spacial score (nSPS) is 10.4. The molecule has 92 valence electrons. The molecule has 0 unspecified atom stereocenters. The van der Waals surface area contributed by atoms with Crippen LogP contribution in [-0.4, -0.2) is 5.78 Å². The number of benzene rings is 2. The Morgan fingerprint density at radius 1 is 1.22 bits per heavy atom. The van der Waals surface area contributed by atoms with Gasteiger partial charge in [-0.2, -0.15) is 0 Å². The van der Waals surface area contributed by atoms with E-state index < -0.39 is 5.82 Å². The largest absolute Gasteiger partial charge is 0.294 e. The van der Waals surface area contributed by atoms with E-state index >= 15 is 0 Å². The minimum absolute atomic E-state index is 0.134. The number of rotatable bonds is 3. The van der Waals surface area contributed by atoms with Crippen LogP contribution in [0.5, 0.6) is 0 Å². The molecule has 0 radical (unpaired) electrons. The van der Waals surface area contributed by atoms with Crippen molar-refractivity contribution in [2.45, 2.75) is 13.3 Å². The molecule has 0 fully saturated rings. The highest BCUT2D eigenvalue weighted by molar-refractivity contribution is 6.30. The molecule has 0 heterocycles. The molecule has 0 aliphatic carbocycles. The van der Waals surface area contributed by atoms with Crippen LogP contribution < -0.4 is 0 Å². The van der Waals surface area contributed by atoms with Crippen molar-refractivity contribution >= 4 is 17.4 Å². The molecule has 0 saturated heterocycles. The molecule has 1 nitrogen and oxygen atoms in total. The molecule has 18 heavy (non-hydrogen) atoms. The monoisotopic (exact) mass is 262 g/mol. The van der Waals surface area contributed by atoms with E-state index in [4.69, 9.17) is 11.6 Å². The smallest absolute Gasteiger partial charge is 0.170 e. The standard InChI is InChI=1S/C15H12ClFO/c1-10-4-2-7-13(15(10)17)14(18)9-11-5-3-6-12(16)8-11/h2-8H,9H2,1H3. The van der Waals surface area contributed by atoms with Gasteiger partial charge in [-0.05, 0) is 36.2 Å². The third-order valence-electron chi connectivity index (χ3n) is 2.75. The predicted molar refractivity (Wildman–Crippen MR) is 70.6 cm³/mol. The summed E-state index contributed by atoms with van der Waals surface area (Å²) in [7, 11) is 0. The van der Waals surface area contributed by atoms with Crippen LogP contribution in [0.3, 0.4) is 0 Å². The summed E-state index contributed by atoms with van der Waals surface area (Å²) in [5.41, 5.74) is 1.40. The fourth-order valence-corrected chi connectivity index (χ4v) is 2.00. The van der Waals surface area contributed by atoms with E-state index in [2.05, 4.69) is 0 Å². The van der Waals surface area contributed by atoms with Crippen LogP contribution in [0.15, 0.2) is 42.5 Å². The minimum Gasteiger partial charge on any atom is -0.294 e. The molecular formula is C15H12ClFO. The molecule has 0 spiro atoms. The van der Waals surface area contributed by atoms with Gasteiger partial charge in [0.05, 0.1) is 5.56 Å². The second-order valence-electron chi connectivity index (χ2n) is 4.17. The number of halogens is 2. The molecule has 0 aliphatic heterocycles. The summed E-state index contributed by atoms with van der Waals surface area (Å²) >= 11 is 5.85. The fraction of sp³-hybridized carbons (Fsp3) is 0.133. The number of carbonyl (C=O) groups is 1. The van der Waals surface area contributed by atoms with Crippen molar-refractivity contribution in [2.75, 3.05) is 0 Å². The average Bonchev–Trinajstić information content (AvgIpc) is 2.32. The lowest BCUT2D eigenvalue weighted by atomic mass is 10.0. The number of ketones is 1. The van der Waals surface area contributed by atoms with Gasteiger partial charge in [0.1, 0.15) is 5.82 Å². The molecule has 0 aliphatic rings. The zero-order chi connectivity index (χ0) is 13.1. The van der Waals surface area contributed by atoms with E-state index in [0.29, 0.717) is 10.6 Å². The van der Waals surface area contributed by atoms with Gasteiger partial charge in [-0.15, -0.1) is 0 Å². The first-order valence-corrected chi connectivity index (χ1v) is 5.98. The summed E-state index contributed by atoms with van der Waals surface area (Å²) in [4.78, 5) is 12.0. The number of carbonyl (C=O) groups excluding carboxylic acids is 1. The number of hydrogen-bond donors (Lipinski definition) is 0. The second-order valence-corrected chi connectivity index (χ2v) is 4.60. The molecule has 0 saturated carbocycles. The molecule has 0 aromatic heterocycles. The number of hydrogen-bond acceptors (Lipinski definition) is 1. The Bertz CT molecular complexity index is 593. The summed E-state index contributed by atoms with van der Waals surface area (Å²) < 4.78 is 13.8. The Balaban J connectivity index is 2.25. The summed E-state index contributed by atoms with van der Waals surface area (Å²) in [5, 5.41) is 0.574. The fourth-order valence-electron chi connectivity index (χ4n) is 1.79. The van der Waals surface area contributed by atoms with Crippen LogP contribution in [0.25, 0.3) is 0 Å². The van der Waals surface area contributed by atoms with E-state index in [1.807, 2.05) is 0 Å². The van der Waals surface area contributed by atoms with Crippen LogP contribution in [0, 0.1) is 12.7 Å². The summed E-state index contributed by atoms with van der Waals surface area (Å²) in [5.74, 6) is -0.678. The SMILES string of the molecule is Cc1cccc(C(=O)Cc2cccc(Cl)c2)c1F. The van der Waals surface area contributed by atoms with Crippen molar-refractivity contribution < 1.29 is 9.18 Å². The zero-order valence-corrected chi connectivity index (χ0v) is 10.7. The van der Waals surface area contributed by atoms with Gasteiger partial charge >= 0.3 is 0 Å². The van der Waals surface area contributed by atoms with Gasteiger partial charge < -0.3 is 0 Å². The van der Waals surface area contributed by atoms with Crippen LogP contribution in [-0.2, 0) is 6.42 Å². The highest BCUT2D eigenvalue weighted by atomic mass is 35.5. The summed E-state index contributed by atoms with van der Waals surface area (Å²) in [6.07, 6.45) is 0.154. The summed E-state index contributed by atoms with van der Waals surface area (Å²) in [6.45, 7) is 1.64. The van der Waals surface area contributed by atoms with E-state index in [-0.39, 0.29) is 17.8 Å². The lowest BCUT2D eigenvalue weighted by molar-refractivity contribution is 0.0989. The van der Waals surface area contributed by atoms with Crippen molar-refractivity contribution in [3.63, 3.8) is 0 Å². The molecule has 2 aromatic carbocycles. The van der Waals surface area contributed by atoms with Gasteiger partial charge in [0, 0.05) is 11.4 Å². The maximum atomic E-state index is 13.8. The quantitative estimate of drug-likeness (QED) is 0.757. The first kappa shape index (κ1) is 12.8. The van der Waals surface area contributed by atoms with Gasteiger partial charge in [-0.3, -0.25) is 4.79 Å². The van der Waals surface area contributed by atoms with E-state index in [0.717, 1.165) is 5.56 Å². The molecule has 2 aromatic rings. The van der Waals surface area contributed by atoms with Crippen LogP contribution in [0.2, 0.25) is 5.02 Å². The van der Waals surface area contributed by atoms with Gasteiger partial charge in [0.15, 0.2) is 5.78 Å². The van der Waals surface area contributed by atoms with Crippen molar-refractivity contribution in [3.05, 3.63) is 70.0 Å². The van der Waals surface area contributed by atoms with Gasteiger partial charge in [-0.25, -0.2) is 4.39 Å². The highest BCUT2D eigenvalue weighted by Gasteiger charge is 2.13. The highest BCUT2D eigenvalue weighted by Crippen LogP contribution is 2.16. The molecule has 0 amide bonds. The van der Waals surface area contributed by atoms with Crippen molar-refractivity contribution in [2.24, 2.45) is 0 Å². The van der Waals surface area contributed by atoms with E-state index in [1.165, 1.54) is 6.07 Å². The van der Waals surface area contributed by atoms with Crippen molar-refractivity contribution in [1.82, 2.24) is 0 Å². The second kappa shape index (κ2) is 5.32. The first-order chi connectivity index (χ1) is 8.58. The molecule has 3 heteroatoms. The van der Waals surface area contributed by atoms with Crippen LogP contribution in [0.4, 0.5) is 4.39 Å². The third kappa shape index (κ3) is 2.77. The molecule has 2 rings (SSSR count). The topological polar surface area (TPSA) is 17.1 Å². The van der Waals surface area contributed by atoms with Crippen LogP contribution >= 0.6 is 11.6 Å². The Morgan fingerprint density at radius 3 is 2.67 bits per heavy atom. The number of aryl methyl sites for hydroxylation is 1. The Hall–Kier alpha value is -1.67. The average molecular weight is 263 g/mol. The first-order valence-electron chi connectivity index (χ1n) is 5.60. The van der Waals surface area contributed by atoms with Crippen molar-refractivity contribution in [1.29, 1.82) is 0 Å². The summed E-state index contributed by atoms with van der Waals surface area (Å²) in [6, 6.07) is 11.9. The number of Topliss-reactive ketones (excluding diaryl/α,β-unsaturated/α-hetero) is 1. The zero-order valence-electron chi connectivity index (χ0n) is 9.91. The Morgan fingerprint density at radius 2 is 1.94 bits per heavy atom. The lowest BCUT2D eigenvalue weighted by Gasteiger charge is -2.05. The minimum atomic E-state index is -0.440. The third-order valence-corrected chi connectivity index (χ3v) is 2.98. The van der Waals surface area contributed by atoms with E-state index in [9.17, 15) is 9.18 Å². The van der Waals surface area contributed by atoms with Crippen molar-refractivity contribution in [3.8, 4) is 0 Å². The predicted octanol–water partition coefficient (Wildman–Crippen LogP) is 4.21. The van der Waals surface area contributed by atoms with Gasteiger partial charge in [0.2, 0.25) is 0 Å². The lowest BCUT2D eigenvalue weighted by Crippen LogP contribution is -2.07. The maximum Gasteiger partial charge on any atom is 0.170 e. The van der Waals surface area contributed by atoms with Crippen LogP contribution in [0.1, 0.15) is 21.5 Å². The molecule has 0 N–H and O–H groups in total. The molecule has 0 bridgehead atoms. The molecular weight excluding hydrogens is 251 g/mol. The Labute approximate surface area is 110 Å². The van der Waals surface area contributed by atoms with Gasteiger partial charge in [0.25, 0.3) is 0 Å². The van der Waals surface area contributed by atoms with E-state index in [1.54, 1.807) is 43.3 Å². The van der Waals surface area contributed by atoms with Gasteiger partial charge in [-0.1, -0.05) is 35.9 Å².